The lowest BCUT2D eigenvalue weighted by atomic mass is 10.2. The fourth-order valence-corrected chi connectivity index (χ4v) is 2.86. The number of carbonyl (C=O) groups is 1. The Labute approximate surface area is 139 Å². The molecule has 0 aliphatic carbocycles. The first-order valence-electron chi connectivity index (χ1n) is 7.13. The molecule has 0 spiro atoms. The summed E-state index contributed by atoms with van der Waals surface area (Å²) in [6, 6.07) is 2.92. The number of aromatic nitrogens is 5. The smallest absolute Gasteiger partial charge is 0.295 e. The Kier molecular flexibility index (Phi) is 3.97. The summed E-state index contributed by atoms with van der Waals surface area (Å²) in [5, 5.41) is 11.8. The Hall–Kier alpha value is -2.88. The monoisotopic (exact) mass is 346 g/mol. The van der Waals surface area contributed by atoms with Gasteiger partial charge in [-0.3, -0.25) is 24.0 Å². The number of rotatable bonds is 3. The maximum absolute atomic E-state index is 12.3. The molecule has 10 heteroatoms. The molecule has 0 aliphatic heterocycles. The first kappa shape index (κ1) is 16.0. The Bertz CT molecular complexity index is 1060. The fraction of sp³-hybridized carbons (Fsp3) is 0.286. The first-order valence-corrected chi connectivity index (χ1v) is 7.94. The van der Waals surface area contributed by atoms with Crippen molar-refractivity contribution in [1.82, 2.24) is 24.3 Å². The number of aryl methyl sites for hydroxylation is 2. The van der Waals surface area contributed by atoms with Gasteiger partial charge in [0.1, 0.15) is 16.3 Å². The third-order valence-corrected chi connectivity index (χ3v) is 4.51. The van der Waals surface area contributed by atoms with E-state index in [0.717, 1.165) is 16.0 Å². The van der Waals surface area contributed by atoms with Crippen LogP contribution in [0.25, 0.3) is 11.0 Å². The van der Waals surface area contributed by atoms with Gasteiger partial charge >= 0.3 is 5.69 Å². The van der Waals surface area contributed by atoms with Gasteiger partial charge in [0.2, 0.25) is 5.13 Å². The Morgan fingerprint density at radius 3 is 2.62 bits per heavy atom. The van der Waals surface area contributed by atoms with Crippen LogP contribution >= 0.6 is 11.3 Å². The van der Waals surface area contributed by atoms with E-state index in [1.54, 1.807) is 0 Å². The molecule has 3 aromatic heterocycles. The molecule has 0 unspecified atom stereocenters. The van der Waals surface area contributed by atoms with E-state index in [1.807, 2.05) is 6.92 Å². The zero-order chi connectivity index (χ0) is 17.4. The molecule has 3 rings (SSSR count). The average molecular weight is 346 g/mol. The van der Waals surface area contributed by atoms with E-state index in [1.165, 1.54) is 42.1 Å². The first-order chi connectivity index (χ1) is 11.4. The molecule has 0 atom stereocenters. The van der Waals surface area contributed by atoms with Gasteiger partial charge in [-0.05, 0) is 18.6 Å². The highest BCUT2D eigenvalue weighted by molar-refractivity contribution is 7.15. The highest BCUT2D eigenvalue weighted by atomic mass is 32.1. The van der Waals surface area contributed by atoms with E-state index in [9.17, 15) is 14.4 Å². The number of carbonyl (C=O) groups excluding carboxylic acids is 1. The summed E-state index contributed by atoms with van der Waals surface area (Å²) in [5.41, 5.74) is -0.722. The highest BCUT2D eigenvalue weighted by Gasteiger charge is 2.15. The van der Waals surface area contributed by atoms with Crippen molar-refractivity contribution in [3.05, 3.63) is 43.7 Å². The number of hydrogen-bond acceptors (Lipinski definition) is 7. The molecule has 9 nitrogen and oxygen atoms in total. The van der Waals surface area contributed by atoms with Gasteiger partial charge in [-0.15, -0.1) is 10.2 Å². The minimum Gasteiger partial charge on any atom is -0.295 e. The second-order valence-corrected chi connectivity index (χ2v) is 6.14. The molecule has 3 heterocycles. The average Bonchev–Trinajstić information content (AvgIpc) is 3.05. The lowest BCUT2D eigenvalue weighted by molar-refractivity contribution is 0.102. The minimum atomic E-state index is -0.505. The number of fused-ring (bicyclic) bond motifs is 1. The van der Waals surface area contributed by atoms with Crippen molar-refractivity contribution >= 4 is 33.4 Å². The lowest BCUT2D eigenvalue weighted by Crippen LogP contribution is -2.37. The molecule has 0 bridgehead atoms. The van der Waals surface area contributed by atoms with Crippen LogP contribution < -0.4 is 16.6 Å². The standard InChI is InChI=1S/C14H14N6O3S/c1-4-9-17-18-13(24-9)16-11(21)8-6-5-7-10(15-8)19(2)14(23)20(3)12(7)22/h5-6H,4H2,1-3H3,(H,16,18,21). The Morgan fingerprint density at radius 1 is 1.21 bits per heavy atom. The normalized spacial score (nSPS) is 11.0. The largest absolute Gasteiger partial charge is 0.332 e. The molecule has 0 aromatic carbocycles. The van der Waals surface area contributed by atoms with Crippen molar-refractivity contribution in [3.8, 4) is 0 Å². The molecule has 0 radical (unpaired) electrons. The summed E-state index contributed by atoms with van der Waals surface area (Å²) >= 11 is 1.28. The van der Waals surface area contributed by atoms with Gasteiger partial charge < -0.3 is 0 Å². The predicted molar refractivity (Wildman–Crippen MR) is 89.5 cm³/mol. The number of amides is 1. The second kappa shape index (κ2) is 5.96. The summed E-state index contributed by atoms with van der Waals surface area (Å²) < 4.78 is 2.23. The molecular weight excluding hydrogens is 332 g/mol. The highest BCUT2D eigenvalue weighted by Crippen LogP contribution is 2.16. The van der Waals surface area contributed by atoms with E-state index >= 15 is 0 Å². The Morgan fingerprint density at radius 2 is 1.96 bits per heavy atom. The number of pyridine rings is 1. The van der Waals surface area contributed by atoms with Crippen LogP contribution in [0.4, 0.5) is 5.13 Å². The van der Waals surface area contributed by atoms with Gasteiger partial charge in [0.15, 0.2) is 0 Å². The SMILES string of the molecule is CCc1nnc(NC(=O)c2ccc3c(=O)n(C)c(=O)n(C)c3n2)s1. The maximum Gasteiger partial charge on any atom is 0.332 e. The number of hydrogen-bond donors (Lipinski definition) is 1. The lowest BCUT2D eigenvalue weighted by Gasteiger charge is -2.07. The summed E-state index contributed by atoms with van der Waals surface area (Å²) in [6.45, 7) is 1.94. The van der Waals surface area contributed by atoms with Crippen LogP contribution in [-0.2, 0) is 20.5 Å². The molecule has 1 N–H and O–H groups in total. The van der Waals surface area contributed by atoms with Crippen molar-refractivity contribution in [2.45, 2.75) is 13.3 Å². The van der Waals surface area contributed by atoms with Crippen molar-refractivity contribution in [1.29, 1.82) is 0 Å². The molecule has 1 amide bonds. The Balaban J connectivity index is 2.03. The van der Waals surface area contributed by atoms with Crippen molar-refractivity contribution in [3.63, 3.8) is 0 Å². The molecule has 3 aromatic rings. The molecule has 124 valence electrons. The topological polar surface area (TPSA) is 112 Å². The van der Waals surface area contributed by atoms with Gasteiger partial charge in [0.25, 0.3) is 11.5 Å². The van der Waals surface area contributed by atoms with Crippen LogP contribution in [0.1, 0.15) is 22.4 Å². The molecule has 24 heavy (non-hydrogen) atoms. The fourth-order valence-electron chi connectivity index (χ4n) is 2.19. The second-order valence-electron chi connectivity index (χ2n) is 5.08. The maximum atomic E-state index is 12.3. The molecule has 0 saturated carbocycles. The van der Waals surface area contributed by atoms with E-state index in [0.29, 0.717) is 5.13 Å². The quantitative estimate of drug-likeness (QED) is 0.730. The predicted octanol–water partition coefficient (Wildman–Crippen LogP) is 0.298. The summed E-state index contributed by atoms with van der Waals surface area (Å²) in [7, 11) is 2.89. The zero-order valence-corrected chi connectivity index (χ0v) is 14.0. The van der Waals surface area contributed by atoms with E-state index < -0.39 is 17.2 Å². The number of nitrogens with zero attached hydrogens (tertiary/aromatic N) is 5. The van der Waals surface area contributed by atoms with Crippen molar-refractivity contribution < 1.29 is 4.79 Å². The molecule has 0 saturated heterocycles. The number of anilines is 1. The van der Waals surface area contributed by atoms with Crippen LogP contribution in [0.3, 0.4) is 0 Å². The summed E-state index contributed by atoms with van der Waals surface area (Å²) in [6.07, 6.45) is 0.729. The zero-order valence-electron chi connectivity index (χ0n) is 13.2. The molecular formula is C14H14N6O3S. The van der Waals surface area contributed by atoms with Gasteiger partial charge in [-0.1, -0.05) is 18.3 Å². The van der Waals surface area contributed by atoms with Crippen molar-refractivity contribution in [2.24, 2.45) is 14.1 Å². The molecule has 0 aliphatic rings. The van der Waals surface area contributed by atoms with Crippen molar-refractivity contribution in [2.75, 3.05) is 5.32 Å². The van der Waals surface area contributed by atoms with Gasteiger partial charge in [-0.25, -0.2) is 9.78 Å². The third-order valence-electron chi connectivity index (χ3n) is 3.52. The van der Waals surface area contributed by atoms with Crippen LogP contribution in [0.5, 0.6) is 0 Å². The van der Waals surface area contributed by atoms with Crippen LogP contribution in [0, 0.1) is 0 Å². The van der Waals surface area contributed by atoms with E-state index in [2.05, 4.69) is 20.5 Å². The minimum absolute atomic E-state index is 0.0824. The van der Waals surface area contributed by atoms with Crippen LogP contribution in [-0.4, -0.2) is 30.2 Å². The van der Waals surface area contributed by atoms with Gasteiger partial charge in [0, 0.05) is 14.1 Å². The van der Waals surface area contributed by atoms with Crippen LogP contribution in [0.15, 0.2) is 21.7 Å². The summed E-state index contributed by atoms with van der Waals surface area (Å²) in [5.74, 6) is -0.483. The van der Waals surface area contributed by atoms with Gasteiger partial charge in [-0.2, -0.15) is 0 Å². The molecule has 0 fully saturated rings. The van der Waals surface area contributed by atoms with E-state index in [-0.39, 0.29) is 16.7 Å². The third kappa shape index (κ3) is 2.60. The summed E-state index contributed by atoms with van der Waals surface area (Å²) in [4.78, 5) is 40.5. The number of nitrogens with one attached hydrogen (secondary N) is 1. The van der Waals surface area contributed by atoms with E-state index in [4.69, 9.17) is 0 Å². The van der Waals surface area contributed by atoms with Crippen LogP contribution in [0.2, 0.25) is 0 Å². The van der Waals surface area contributed by atoms with Gasteiger partial charge in [0.05, 0.1) is 5.39 Å².